The number of nitroso groups, excluding NO2 is 1. The number of nitrogens with two attached hydrogens (primary N) is 1. The molecule has 0 aliphatic heterocycles. The van der Waals surface area contributed by atoms with E-state index in [1.165, 1.54) is 6.20 Å². The van der Waals surface area contributed by atoms with Crippen LogP contribution in [0.3, 0.4) is 0 Å². The molecule has 0 aromatic rings. The molecule has 0 fully saturated rings. The second-order valence-electron chi connectivity index (χ2n) is 1.10. The zero-order chi connectivity index (χ0) is 5.70. The van der Waals surface area contributed by atoms with Crippen LogP contribution in [0.1, 0.15) is 13.3 Å². The first-order valence-corrected chi connectivity index (χ1v) is 2.09. The third-order valence-corrected chi connectivity index (χ3v) is 0.672. The Bertz CT molecular complexity index is 87.7. The van der Waals surface area contributed by atoms with Gasteiger partial charge in [-0.15, -0.1) is 4.91 Å². The maximum absolute atomic E-state index is 9.57. The van der Waals surface area contributed by atoms with Crippen LogP contribution in [0.5, 0.6) is 0 Å². The van der Waals surface area contributed by atoms with Crippen molar-refractivity contribution in [2.24, 2.45) is 10.9 Å². The molecule has 0 atom stereocenters. The van der Waals surface area contributed by atoms with Gasteiger partial charge in [0.1, 0.15) is 0 Å². The van der Waals surface area contributed by atoms with E-state index in [9.17, 15) is 4.91 Å². The van der Waals surface area contributed by atoms with Crippen LogP contribution in [-0.2, 0) is 0 Å². The van der Waals surface area contributed by atoms with E-state index in [0.29, 0.717) is 12.1 Å². The van der Waals surface area contributed by atoms with E-state index >= 15 is 0 Å². The van der Waals surface area contributed by atoms with E-state index in [2.05, 4.69) is 5.18 Å². The molecule has 0 saturated carbocycles. The van der Waals surface area contributed by atoms with Gasteiger partial charge in [-0.1, -0.05) is 6.92 Å². The zero-order valence-corrected chi connectivity index (χ0v) is 4.22. The van der Waals surface area contributed by atoms with Crippen LogP contribution in [0.15, 0.2) is 17.1 Å². The van der Waals surface area contributed by atoms with E-state index in [0.717, 1.165) is 0 Å². The standard InChI is InChI=1S/C4H8N2O/c1-2-4(3-5)6-7/h3H,2,5H2,1H3/b4-3-. The van der Waals surface area contributed by atoms with Gasteiger partial charge in [-0.2, -0.15) is 0 Å². The molecule has 0 amide bonds. The van der Waals surface area contributed by atoms with Crippen molar-refractivity contribution in [3.63, 3.8) is 0 Å². The van der Waals surface area contributed by atoms with Crippen molar-refractivity contribution in [3.05, 3.63) is 16.8 Å². The van der Waals surface area contributed by atoms with Gasteiger partial charge < -0.3 is 5.73 Å². The van der Waals surface area contributed by atoms with Gasteiger partial charge in [0.15, 0.2) is 0 Å². The molecule has 0 radical (unpaired) electrons. The SMILES string of the molecule is CC/C(=C/N)N=O. The summed E-state index contributed by atoms with van der Waals surface area (Å²) in [4.78, 5) is 9.57. The molecule has 0 aliphatic rings. The molecule has 0 spiro atoms. The number of rotatable bonds is 2. The molecule has 7 heavy (non-hydrogen) atoms. The van der Waals surface area contributed by atoms with Crippen LogP contribution in [-0.4, -0.2) is 0 Å². The monoisotopic (exact) mass is 100 g/mol. The summed E-state index contributed by atoms with van der Waals surface area (Å²) in [6.07, 6.45) is 1.83. The van der Waals surface area contributed by atoms with Crippen molar-refractivity contribution < 1.29 is 0 Å². The predicted molar refractivity (Wildman–Crippen MR) is 28.4 cm³/mol. The third-order valence-electron chi connectivity index (χ3n) is 0.672. The topological polar surface area (TPSA) is 55.4 Å². The normalized spacial score (nSPS) is 11.3. The van der Waals surface area contributed by atoms with E-state index in [1.54, 1.807) is 0 Å². The Balaban J connectivity index is 3.60. The first-order chi connectivity index (χ1) is 3.35. The molecule has 0 heterocycles. The molecule has 0 saturated heterocycles. The maximum atomic E-state index is 9.57. The Morgan fingerprint density at radius 3 is 2.57 bits per heavy atom. The van der Waals surface area contributed by atoms with Crippen LogP contribution in [0.2, 0.25) is 0 Å². The Morgan fingerprint density at radius 1 is 2.00 bits per heavy atom. The van der Waals surface area contributed by atoms with E-state index in [1.807, 2.05) is 6.92 Å². The minimum Gasteiger partial charge on any atom is -0.403 e. The van der Waals surface area contributed by atoms with Crippen molar-refractivity contribution in [3.8, 4) is 0 Å². The highest BCUT2D eigenvalue weighted by molar-refractivity contribution is 4.94. The lowest BCUT2D eigenvalue weighted by molar-refractivity contribution is 1.05. The molecule has 2 N–H and O–H groups in total. The zero-order valence-electron chi connectivity index (χ0n) is 4.22. The van der Waals surface area contributed by atoms with Crippen molar-refractivity contribution in [2.45, 2.75) is 13.3 Å². The van der Waals surface area contributed by atoms with Crippen molar-refractivity contribution in [1.82, 2.24) is 0 Å². The van der Waals surface area contributed by atoms with E-state index in [4.69, 9.17) is 5.73 Å². The Hall–Kier alpha value is -0.860. The van der Waals surface area contributed by atoms with Crippen LogP contribution in [0.25, 0.3) is 0 Å². The van der Waals surface area contributed by atoms with Gasteiger partial charge in [0.2, 0.25) is 0 Å². The molecular formula is C4H8N2O. The second kappa shape index (κ2) is 3.33. The number of nitrogens with zero attached hydrogens (tertiary/aromatic N) is 1. The van der Waals surface area contributed by atoms with Crippen LogP contribution in [0, 0.1) is 4.91 Å². The Labute approximate surface area is 42.2 Å². The summed E-state index contributed by atoms with van der Waals surface area (Å²) >= 11 is 0. The van der Waals surface area contributed by atoms with Gasteiger partial charge in [0.05, 0.1) is 5.70 Å². The van der Waals surface area contributed by atoms with Crippen molar-refractivity contribution in [2.75, 3.05) is 0 Å². The fourth-order valence-electron chi connectivity index (χ4n) is 0.213. The summed E-state index contributed by atoms with van der Waals surface area (Å²) in [7, 11) is 0. The quantitative estimate of drug-likeness (QED) is 0.525. The van der Waals surface area contributed by atoms with E-state index < -0.39 is 0 Å². The highest BCUT2D eigenvalue weighted by atomic mass is 16.3. The average molecular weight is 100 g/mol. The molecule has 0 aliphatic carbocycles. The smallest absolute Gasteiger partial charge is 0.1000 e. The molecule has 3 heteroatoms. The second-order valence-corrected chi connectivity index (χ2v) is 1.10. The molecule has 0 rings (SSSR count). The third kappa shape index (κ3) is 1.92. The lowest BCUT2D eigenvalue weighted by Gasteiger charge is -1.82. The number of hydrogen-bond acceptors (Lipinski definition) is 3. The van der Waals surface area contributed by atoms with Crippen LogP contribution >= 0.6 is 0 Å². The van der Waals surface area contributed by atoms with E-state index in [-0.39, 0.29) is 0 Å². The lowest BCUT2D eigenvalue weighted by atomic mass is 10.4. The largest absolute Gasteiger partial charge is 0.403 e. The fourth-order valence-corrected chi connectivity index (χ4v) is 0.213. The molecule has 0 aromatic heterocycles. The summed E-state index contributed by atoms with van der Waals surface area (Å²) in [5, 5.41) is 2.61. The van der Waals surface area contributed by atoms with Gasteiger partial charge >= 0.3 is 0 Å². The first-order valence-electron chi connectivity index (χ1n) is 2.09. The number of allylic oxidation sites excluding steroid dienone is 1. The maximum Gasteiger partial charge on any atom is 0.1000 e. The van der Waals surface area contributed by atoms with Gasteiger partial charge in [-0.3, -0.25) is 0 Å². The average Bonchev–Trinajstić information content (AvgIpc) is 1.72. The molecule has 0 aromatic carbocycles. The molecule has 0 bridgehead atoms. The lowest BCUT2D eigenvalue weighted by Crippen LogP contribution is -1.81. The predicted octanol–water partition coefficient (Wildman–Crippen LogP) is 0.963. The fraction of sp³-hybridized carbons (Fsp3) is 0.500. The summed E-state index contributed by atoms with van der Waals surface area (Å²) in [6.45, 7) is 1.82. The molecule has 0 unspecified atom stereocenters. The minimum atomic E-state index is 0.403. The van der Waals surface area contributed by atoms with Crippen molar-refractivity contribution >= 4 is 0 Å². The first kappa shape index (κ1) is 6.14. The Kier molecular flexibility index (Phi) is 2.92. The van der Waals surface area contributed by atoms with Crippen LogP contribution < -0.4 is 5.73 Å². The summed E-state index contributed by atoms with van der Waals surface area (Å²) in [5.41, 5.74) is 5.34. The van der Waals surface area contributed by atoms with Gasteiger partial charge in [-0.05, 0) is 11.6 Å². The summed E-state index contributed by atoms with van der Waals surface area (Å²) in [5.74, 6) is 0. The molecule has 40 valence electrons. The summed E-state index contributed by atoms with van der Waals surface area (Å²) < 4.78 is 0. The van der Waals surface area contributed by atoms with Gasteiger partial charge in [0, 0.05) is 6.20 Å². The molecule has 3 nitrogen and oxygen atoms in total. The number of hydrogen-bond donors (Lipinski definition) is 1. The van der Waals surface area contributed by atoms with Gasteiger partial charge in [-0.25, -0.2) is 0 Å². The van der Waals surface area contributed by atoms with Crippen LogP contribution in [0.4, 0.5) is 0 Å². The van der Waals surface area contributed by atoms with Gasteiger partial charge in [0.25, 0.3) is 0 Å². The van der Waals surface area contributed by atoms with Crippen molar-refractivity contribution in [1.29, 1.82) is 0 Å². The summed E-state index contributed by atoms with van der Waals surface area (Å²) in [6, 6.07) is 0. The molecular weight excluding hydrogens is 92.1 g/mol. The minimum absolute atomic E-state index is 0.403. The highest BCUT2D eigenvalue weighted by Gasteiger charge is 1.84. The highest BCUT2D eigenvalue weighted by Crippen LogP contribution is 1.96. The Morgan fingerprint density at radius 2 is 2.57 bits per heavy atom.